The second-order valence-electron chi connectivity index (χ2n) is 6.14. The van der Waals surface area contributed by atoms with Gasteiger partial charge < -0.3 is 10.2 Å². The molecule has 0 saturated carbocycles. The first-order chi connectivity index (χ1) is 8.61. The molecule has 2 heterocycles. The van der Waals surface area contributed by atoms with E-state index in [0.717, 1.165) is 18.3 Å². The molecular formula is C14H27N3S. The van der Waals surface area contributed by atoms with Gasteiger partial charge in [0, 0.05) is 11.8 Å². The van der Waals surface area contributed by atoms with Crippen LogP contribution in [0.25, 0.3) is 0 Å². The van der Waals surface area contributed by atoms with E-state index in [9.17, 15) is 0 Å². The Balaban J connectivity index is 1.72. The van der Waals surface area contributed by atoms with E-state index in [4.69, 9.17) is 0 Å². The lowest BCUT2D eigenvalue weighted by molar-refractivity contribution is 0.142. The van der Waals surface area contributed by atoms with Gasteiger partial charge in [-0.2, -0.15) is 0 Å². The van der Waals surface area contributed by atoms with Gasteiger partial charge in [0.15, 0.2) is 5.17 Å². The Kier molecular flexibility index (Phi) is 4.96. The van der Waals surface area contributed by atoms with Crippen LogP contribution in [0.1, 0.15) is 39.5 Å². The molecule has 1 N–H and O–H groups in total. The van der Waals surface area contributed by atoms with Crippen LogP contribution in [0.4, 0.5) is 0 Å². The molecule has 1 unspecified atom stereocenters. The summed E-state index contributed by atoms with van der Waals surface area (Å²) in [5.41, 5.74) is 0.457. The first-order valence-electron chi connectivity index (χ1n) is 7.25. The summed E-state index contributed by atoms with van der Waals surface area (Å²) in [6, 6.07) is 0. The van der Waals surface area contributed by atoms with E-state index in [2.05, 4.69) is 36.1 Å². The molecule has 0 spiro atoms. The molecule has 2 aliphatic heterocycles. The van der Waals surface area contributed by atoms with Crippen molar-refractivity contribution in [3.63, 3.8) is 0 Å². The van der Waals surface area contributed by atoms with Crippen molar-refractivity contribution in [1.29, 1.82) is 0 Å². The predicted octanol–water partition coefficient (Wildman–Crippen LogP) is 2.58. The van der Waals surface area contributed by atoms with Gasteiger partial charge in [0.2, 0.25) is 0 Å². The molecule has 2 aliphatic rings. The Labute approximate surface area is 116 Å². The molecule has 104 valence electrons. The number of nitrogens with one attached hydrogen (secondary N) is 1. The summed E-state index contributed by atoms with van der Waals surface area (Å²) in [6.07, 6.45) is 5.16. The minimum absolute atomic E-state index is 0.457. The monoisotopic (exact) mass is 269 g/mol. The summed E-state index contributed by atoms with van der Waals surface area (Å²) in [5, 5.41) is 5.50. The normalized spacial score (nSPS) is 28.2. The quantitative estimate of drug-likeness (QED) is 0.850. The maximum atomic E-state index is 4.62. The minimum Gasteiger partial charge on any atom is -0.364 e. The smallest absolute Gasteiger partial charge is 0.156 e. The first kappa shape index (κ1) is 14.2. The second-order valence-corrected chi connectivity index (χ2v) is 7.43. The molecule has 4 heteroatoms. The molecule has 0 aromatic rings. The van der Waals surface area contributed by atoms with E-state index in [-0.39, 0.29) is 0 Å². The van der Waals surface area contributed by atoms with Crippen LogP contribution in [0.3, 0.4) is 0 Å². The Bertz CT molecular complexity index is 295. The molecule has 0 radical (unpaired) electrons. The number of thioether (sulfide) groups is 1. The van der Waals surface area contributed by atoms with Gasteiger partial charge in [0.25, 0.3) is 0 Å². The van der Waals surface area contributed by atoms with Crippen LogP contribution >= 0.6 is 11.8 Å². The number of likely N-dealkylation sites (tertiary alicyclic amines) is 1. The highest BCUT2D eigenvalue weighted by Crippen LogP contribution is 2.30. The highest BCUT2D eigenvalue weighted by Gasteiger charge is 2.29. The molecule has 18 heavy (non-hydrogen) atoms. The number of nitrogens with zero attached hydrogens (tertiary/aromatic N) is 2. The maximum Gasteiger partial charge on any atom is 0.156 e. The van der Waals surface area contributed by atoms with Crippen molar-refractivity contribution < 1.29 is 0 Å². The summed E-state index contributed by atoms with van der Waals surface area (Å²) in [6.45, 7) is 9.24. The average Bonchev–Trinajstić information content (AvgIpc) is 2.80. The third-order valence-corrected chi connectivity index (χ3v) is 5.40. The van der Waals surface area contributed by atoms with E-state index in [0.29, 0.717) is 5.41 Å². The second kappa shape index (κ2) is 6.29. The van der Waals surface area contributed by atoms with Crippen molar-refractivity contribution in [3.8, 4) is 0 Å². The third-order valence-electron chi connectivity index (χ3n) is 4.19. The zero-order valence-corrected chi connectivity index (χ0v) is 12.9. The van der Waals surface area contributed by atoms with Crippen molar-refractivity contribution in [3.05, 3.63) is 0 Å². The molecule has 0 aromatic heterocycles. The first-order valence-corrected chi connectivity index (χ1v) is 8.13. The Morgan fingerprint density at radius 1 is 1.44 bits per heavy atom. The van der Waals surface area contributed by atoms with Gasteiger partial charge in [-0.1, -0.05) is 32.0 Å². The summed E-state index contributed by atoms with van der Waals surface area (Å²) >= 11 is 1.95. The summed E-state index contributed by atoms with van der Waals surface area (Å²) < 4.78 is 0. The zero-order valence-electron chi connectivity index (χ0n) is 12.0. The van der Waals surface area contributed by atoms with Crippen LogP contribution in [0.5, 0.6) is 0 Å². The third kappa shape index (κ3) is 3.89. The van der Waals surface area contributed by atoms with Crippen LogP contribution in [-0.2, 0) is 0 Å². The number of hydrogen-bond donors (Lipinski definition) is 1. The molecule has 0 aromatic carbocycles. The zero-order chi connectivity index (χ0) is 13.0. The molecule has 3 nitrogen and oxygen atoms in total. The van der Waals surface area contributed by atoms with Gasteiger partial charge in [-0.05, 0) is 44.8 Å². The van der Waals surface area contributed by atoms with Crippen LogP contribution in [0.15, 0.2) is 4.99 Å². The Morgan fingerprint density at radius 3 is 2.83 bits per heavy atom. The maximum absolute atomic E-state index is 4.62. The van der Waals surface area contributed by atoms with Gasteiger partial charge >= 0.3 is 0 Å². The largest absolute Gasteiger partial charge is 0.364 e. The molecular weight excluding hydrogens is 242 g/mol. The lowest BCUT2D eigenvalue weighted by Crippen LogP contribution is -2.42. The van der Waals surface area contributed by atoms with Crippen molar-refractivity contribution in [2.24, 2.45) is 10.4 Å². The summed E-state index contributed by atoms with van der Waals surface area (Å²) in [5.74, 6) is 0. The number of aliphatic imine (C=N–C) groups is 1. The van der Waals surface area contributed by atoms with E-state index >= 15 is 0 Å². The minimum atomic E-state index is 0.457. The number of rotatable bonds is 4. The van der Waals surface area contributed by atoms with Crippen LogP contribution < -0.4 is 5.32 Å². The molecule has 0 amide bonds. The predicted molar refractivity (Wildman–Crippen MR) is 81.4 cm³/mol. The van der Waals surface area contributed by atoms with Crippen molar-refractivity contribution in [2.45, 2.75) is 44.8 Å². The fourth-order valence-electron chi connectivity index (χ4n) is 2.61. The molecule has 1 atom stereocenters. The van der Waals surface area contributed by atoms with E-state index in [1.165, 1.54) is 43.9 Å². The van der Waals surface area contributed by atoms with Gasteiger partial charge in [0.05, 0.1) is 6.54 Å². The lowest BCUT2D eigenvalue weighted by Gasteiger charge is -2.38. The molecule has 1 fully saturated rings. The van der Waals surface area contributed by atoms with Crippen LogP contribution in [0.2, 0.25) is 0 Å². The molecule has 2 rings (SSSR count). The fraction of sp³-hybridized carbons (Fsp3) is 0.929. The van der Waals surface area contributed by atoms with Gasteiger partial charge in [-0.15, -0.1) is 0 Å². The SMILES string of the molecule is CCCC1CN=C(NCC2(C)CCN(C)CC2)S1. The van der Waals surface area contributed by atoms with Gasteiger partial charge in [-0.3, -0.25) is 4.99 Å². The summed E-state index contributed by atoms with van der Waals surface area (Å²) in [4.78, 5) is 7.06. The average molecular weight is 269 g/mol. The molecule has 1 saturated heterocycles. The highest BCUT2D eigenvalue weighted by molar-refractivity contribution is 8.14. The number of amidine groups is 1. The summed E-state index contributed by atoms with van der Waals surface area (Å²) in [7, 11) is 2.22. The Morgan fingerprint density at radius 2 is 2.17 bits per heavy atom. The van der Waals surface area contributed by atoms with Crippen LogP contribution in [-0.4, -0.2) is 48.5 Å². The van der Waals surface area contributed by atoms with Crippen molar-refractivity contribution >= 4 is 16.9 Å². The standard InChI is InChI=1S/C14H27N3S/c1-4-5-12-10-15-13(18-12)16-11-14(2)6-8-17(3)9-7-14/h12H,4-11H2,1-3H3,(H,15,16). The van der Waals surface area contributed by atoms with E-state index < -0.39 is 0 Å². The van der Waals surface area contributed by atoms with Gasteiger partial charge in [-0.25, -0.2) is 0 Å². The van der Waals surface area contributed by atoms with Crippen molar-refractivity contribution in [2.75, 3.05) is 33.2 Å². The van der Waals surface area contributed by atoms with E-state index in [1.807, 2.05) is 11.8 Å². The topological polar surface area (TPSA) is 27.6 Å². The lowest BCUT2D eigenvalue weighted by atomic mass is 9.80. The Hall–Kier alpha value is -0.220. The number of hydrogen-bond acceptors (Lipinski definition) is 4. The highest BCUT2D eigenvalue weighted by atomic mass is 32.2. The van der Waals surface area contributed by atoms with E-state index in [1.54, 1.807) is 0 Å². The van der Waals surface area contributed by atoms with Crippen LogP contribution in [0, 0.1) is 5.41 Å². The van der Waals surface area contributed by atoms with Crippen molar-refractivity contribution in [1.82, 2.24) is 10.2 Å². The fourth-order valence-corrected chi connectivity index (χ4v) is 3.73. The molecule has 0 bridgehead atoms. The number of piperidine rings is 1. The molecule has 0 aliphatic carbocycles. The van der Waals surface area contributed by atoms with Gasteiger partial charge in [0.1, 0.15) is 0 Å².